The van der Waals surface area contributed by atoms with E-state index >= 15 is 0 Å². The lowest BCUT2D eigenvalue weighted by molar-refractivity contribution is -0.161. The molecule has 0 saturated carbocycles. The molecule has 0 aromatic heterocycles. The van der Waals surface area contributed by atoms with Crippen LogP contribution in [0.5, 0.6) is 0 Å². The molecule has 0 saturated heterocycles. The Morgan fingerprint density at radius 3 is 0.776 bits per heavy atom. The van der Waals surface area contributed by atoms with Crippen molar-refractivity contribution in [2.75, 3.05) is 39.6 Å². The van der Waals surface area contributed by atoms with E-state index in [1.807, 2.05) is 0 Å². The molecular weight excluding hydrogens is 1280 g/mol. The smallest absolute Gasteiger partial charge is 0.462 e. The van der Waals surface area contributed by atoms with Gasteiger partial charge in [-0.25, -0.2) is 9.13 Å². The van der Waals surface area contributed by atoms with E-state index in [0.29, 0.717) is 25.7 Å². The third-order valence-corrected chi connectivity index (χ3v) is 20.7. The minimum Gasteiger partial charge on any atom is -0.462 e. The fraction of sp³-hybridized carbons (Fsp3) is 0.949. The van der Waals surface area contributed by atoms with Crippen molar-refractivity contribution in [1.82, 2.24) is 0 Å². The van der Waals surface area contributed by atoms with E-state index in [2.05, 4.69) is 41.5 Å². The Hall–Kier alpha value is -1.94. The maximum atomic E-state index is 13.1. The molecule has 0 fully saturated rings. The Labute approximate surface area is 600 Å². The molecule has 0 radical (unpaired) electrons. The maximum Gasteiger partial charge on any atom is 0.472 e. The van der Waals surface area contributed by atoms with Gasteiger partial charge in [0.25, 0.3) is 0 Å². The average Bonchev–Trinajstić information content (AvgIpc) is 0.969. The third kappa shape index (κ3) is 71.1. The largest absolute Gasteiger partial charge is 0.472 e. The molecule has 0 spiro atoms. The van der Waals surface area contributed by atoms with Gasteiger partial charge in [-0.2, -0.15) is 0 Å². The van der Waals surface area contributed by atoms with Crippen molar-refractivity contribution in [2.45, 2.75) is 432 Å². The first-order valence-electron chi connectivity index (χ1n) is 41.0. The summed E-state index contributed by atoms with van der Waals surface area (Å²) in [6.45, 7) is 9.68. The molecule has 582 valence electrons. The van der Waals surface area contributed by atoms with Crippen molar-refractivity contribution >= 4 is 39.5 Å². The number of aliphatic hydroxyl groups is 1. The molecule has 0 heterocycles. The zero-order valence-electron chi connectivity index (χ0n) is 64.1. The summed E-state index contributed by atoms with van der Waals surface area (Å²) in [5.74, 6) is -0.503. The molecule has 0 aliphatic carbocycles. The van der Waals surface area contributed by atoms with Crippen LogP contribution >= 0.6 is 15.6 Å². The Bertz CT molecular complexity index is 1890. The highest BCUT2D eigenvalue weighted by atomic mass is 31.2. The van der Waals surface area contributed by atoms with Crippen LogP contribution in [0.2, 0.25) is 0 Å². The Morgan fingerprint density at radius 1 is 0.296 bits per heavy atom. The van der Waals surface area contributed by atoms with Gasteiger partial charge in [-0.15, -0.1) is 0 Å². The van der Waals surface area contributed by atoms with E-state index in [1.54, 1.807) is 0 Å². The van der Waals surface area contributed by atoms with Crippen LogP contribution in [0.1, 0.15) is 414 Å². The van der Waals surface area contributed by atoms with Crippen LogP contribution in [0.4, 0.5) is 0 Å². The van der Waals surface area contributed by atoms with Gasteiger partial charge in [0.1, 0.15) is 19.3 Å². The maximum absolute atomic E-state index is 13.1. The number of unbranched alkanes of at least 4 members (excludes halogenated alkanes) is 47. The fourth-order valence-electron chi connectivity index (χ4n) is 12.2. The molecule has 0 aromatic carbocycles. The number of esters is 4. The summed E-state index contributed by atoms with van der Waals surface area (Å²) in [6, 6.07) is 0. The van der Waals surface area contributed by atoms with E-state index in [-0.39, 0.29) is 25.7 Å². The van der Waals surface area contributed by atoms with Gasteiger partial charge in [0.15, 0.2) is 12.2 Å². The highest BCUT2D eigenvalue weighted by Crippen LogP contribution is 2.45. The van der Waals surface area contributed by atoms with Gasteiger partial charge in [-0.1, -0.05) is 363 Å². The summed E-state index contributed by atoms with van der Waals surface area (Å²) >= 11 is 0. The number of carbonyl (C=O) groups excluding carboxylic acids is 4. The predicted molar refractivity (Wildman–Crippen MR) is 400 cm³/mol. The summed E-state index contributed by atoms with van der Waals surface area (Å²) < 4.78 is 68.7. The number of hydrogen-bond donors (Lipinski definition) is 3. The molecule has 6 atom stereocenters. The minimum atomic E-state index is -4.96. The normalized spacial score (nSPS) is 14.2. The molecule has 0 aliphatic heterocycles. The van der Waals surface area contributed by atoms with E-state index in [9.17, 15) is 43.2 Å². The molecule has 98 heavy (non-hydrogen) atoms. The van der Waals surface area contributed by atoms with Crippen LogP contribution in [0.3, 0.4) is 0 Å². The first-order chi connectivity index (χ1) is 47.4. The first kappa shape index (κ1) is 96.1. The second kappa shape index (κ2) is 70.7. The van der Waals surface area contributed by atoms with Crippen LogP contribution in [-0.2, 0) is 65.4 Å². The number of ether oxygens (including phenoxy) is 4. The summed E-state index contributed by atoms with van der Waals surface area (Å²) in [6.07, 6.45) is 59.4. The number of hydrogen-bond acceptors (Lipinski definition) is 15. The molecular formula is C79H154O17P2. The van der Waals surface area contributed by atoms with Gasteiger partial charge in [0.05, 0.1) is 26.4 Å². The molecule has 3 unspecified atom stereocenters. The molecule has 0 amide bonds. The van der Waals surface area contributed by atoms with E-state index < -0.39 is 97.5 Å². The summed E-state index contributed by atoms with van der Waals surface area (Å²) in [5, 5.41) is 10.6. The average molecular weight is 1440 g/mol. The lowest BCUT2D eigenvalue weighted by Crippen LogP contribution is -2.30. The molecule has 19 heteroatoms. The lowest BCUT2D eigenvalue weighted by Gasteiger charge is -2.21. The van der Waals surface area contributed by atoms with Crippen molar-refractivity contribution in [1.29, 1.82) is 0 Å². The summed E-state index contributed by atoms with van der Waals surface area (Å²) in [5.41, 5.74) is 0. The van der Waals surface area contributed by atoms with Crippen LogP contribution < -0.4 is 0 Å². The molecule has 0 rings (SSSR count). The van der Waals surface area contributed by atoms with Crippen molar-refractivity contribution in [3.63, 3.8) is 0 Å². The molecule has 17 nitrogen and oxygen atoms in total. The molecule has 3 N–H and O–H groups in total. The standard InChI is InChI=1S/C79H154O17P2/c1-7-10-12-14-16-18-20-22-27-31-39-45-51-57-63-78(83)95-74(67-89-76(81)61-55-49-43-37-30-25-21-19-17-15-13-11-8-2)69-93-97(85,86)91-65-73(80)66-92-98(87,88)94-70-75(68-90-77(82)62-56-50-44-38-34-33-36-42-48-54-60-72(6)9-3)96-79(84)64-58-52-46-40-32-28-24-23-26-29-35-41-47-53-59-71(4)5/h71-75,80H,7-70H2,1-6H3,(H,85,86)(H,87,88)/t72?,73-,74+,75+/m0/s1. The third-order valence-electron chi connectivity index (χ3n) is 18.8. The van der Waals surface area contributed by atoms with E-state index in [4.69, 9.17) is 37.0 Å². The lowest BCUT2D eigenvalue weighted by atomic mass is 9.99. The van der Waals surface area contributed by atoms with Crippen LogP contribution in [0, 0.1) is 11.8 Å². The molecule has 0 aromatic rings. The SMILES string of the molecule is CCCCCCCCCCCCCCCCC(=O)O[C@H](COC(=O)CCCCCCCCCCCCCCC)COP(=O)(O)OC[C@H](O)COP(=O)(O)OC[C@@H](COC(=O)CCCCCCCCCCCCC(C)CC)OC(=O)CCCCCCCCCCCCCCCCC(C)C. The van der Waals surface area contributed by atoms with Crippen LogP contribution in [0.25, 0.3) is 0 Å². The van der Waals surface area contributed by atoms with Gasteiger partial charge in [0, 0.05) is 25.7 Å². The van der Waals surface area contributed by atoms with Gasteiger partial charge in [-0.3, -0.25) is 37.3 Å². The Morgan fingerprint density at radius 2 is 0.520 bits per heavy atom. The van der Waals surface area contributed by atoms with Crippen LogP contribution in [0.15, 0.2) is 0 Å². The monoisotopic (exact) mass is 1440 g/mol. The minimum absolute atomic E-state index is 0.108. The number of rotatable bonds is 78. The quantitative estimate of drug-likeness (QED) is 0.0222. The van der Waals surface area contributed by atoms with E-state index in [1.165, 1.54) is 231 Å². The molecule has 0 aliphatic rings. The summed E-state index contributed by atoms with van der Waals surface area (Å²) in [7, 11) is -9.92. The predicted octanol–water partition coefficient (Wildman–Crippen LogP) is 23.5. The highest BCUT2D eigenvalue weighted by Gasteiger charge is 2.30. The summed E-state index contributed by atoms with van der Waals surface area (Å²) in [4.78, 5) is 73.0. The highest BCUT2D eigenvalue weighted by molar-refractivity contribution is 7.47. The Kier molecular flexibility index (Phi) is 69.3. The van der Waals surface area contributed by atoms with E-state index in [0.717, 1.165) is 102 Å². The zero-order chi connectivity index (χ0) is 72.1. The van der Waals surface area contributed by atoms with Crippen molar-refractivity contribution in [3.05, 3.63) is 0 Å². The van der Waals surface area contributed by atoms with Gasteiger partial charge < -0.3 is 33.8 Å². The number of carbonyl (C=O) groups is 4. The van der Waals surface area contributed by atoms with Gasteiger partial charge >= 0.3 is 39.5 Å². The Balaban J connectivity index is 5.27. The van der Waals surface area contributed by atoms with Crippen molar-refractivity contribution in [2.24, 2.45) is 11.8 Å². The van der Waals surface area contributed by atoms with Gasteiger partial charge in [0.2, 0.25) is 0 Å². The van der Waals surface area contributed by atoms with Crippen molar-refractivity contribution < 1.29 is 80.2 Å². The number of aliphatic hydroxyl groups excluding tert-OH is 1. The van der Waals surface area contributed by atoms with Gasteiger partial charge in [-0.05, 0) is 37.5 Å². The van der Waals surface area contributed by atoms with Crippen molar-refractivity contribution in [3.8, 4) is 0 Å². The fourth-order valence-corrected chi connectivity index (χ4v) is 13.7. The first-order valence-corrected chi connectivity index (χ1v) is 44.0. The second-order valence-electron chi connectivity index (χ2n) is 29.2. The molecule has 0 bridgehead atoms. The second-order valence-corrected chi connectivity index (χ2v) is 32.1. The van der Waals surface area contributed by atoms with Crippen LogP contribution in [-0.4, -0.2) is 96.7 Å². The topological polar surface area (TPSA) is 237 Å². The number of phosphoric acid groups is 2. The zero-order valence-corrected chi connectivity index (χ0v) is 65.9. The number of phosphoric ester groups is 2.